The Hall–Kier alpha value is -2.82. The topological polar surface area (TPSA) is 56.3 Å². The van der Waals surface area contributed by atoms with Gasteiger partial charge in [-0.3, -0.25) is 14.6 Å². The van der Waals surface area contributed by atoms with Crippen LogP contribution in [0.5, 0.6) is 0 Å². The lowest BCUT2D eigenvalue weighted by molar-refractivity contribution is -0.144. The van der Waals surface area contributed by atoms with E-state index in [9.17, 15) is 14.0 Å². The number of cyclic esters (lactones) is 1. The van der Waals surface area contributed by atoms with Gasteiger partial charge in [-0.15, -0.1) is 0 Å². The molecule has 1 aliphatic heterocycles. The highest BCUT2D eigenvalue weighted by Gasteiger charge is 2.55. The van der Waals surface area contributed by atoms with Crippen LogP contribution in [-0.4, -0.2) is 22.8 Å². The highest BCUT2D eigenvalue weighted by molar-refractivity contribution is 5.84. The molecule has 0 amide bonds. The molecule has 1 aromatic carbocycles. The molecule has 31 heavy (non-hydrogen) atoms. The highest BCUT2D eigenvalue weighted by Crippen LogP contribution is 2.52. The van der Waals surface area contributed by atoms with Gasteiger partial charge in [-0.1, -0.05) is 24.3 Å². The van der Waals surface area contributed by atoms with Gasteiger partial charge in [0.1, 0.15) is 17.7 Å². The minimum atomic E-state index is -0.271. The SMILES string of the molecule is C[C@H]1OC(=O)[C@@H]2C[C@@H]3C(=O)CCC[C@H]3[C@H](/C=C/c3ccc(-c4cccc(F)c4)cn3)[C@H]12. The molecule has 0 radical (unpaired) electrons. The number of hydrogen-bond donors (Lipinski definition) is 0. The number of pyridine rings is 1. The summed E-state index contributed by atoms with van der Waals surface area (Å²) in [7, 11) is 0. The maximum absolute atomic E-state index is 13.5. The van der Waals surface area contributed by atoms with E-state index in [1.807, 2.05) is 31.2 Å². The zero-order valence-corrected chi connectivity index (χ0v) is 17.5. The Morgan fingerprint density at radius 3 is 2.77 bits per heavy atom. The number of rotatable bonds is 3. The van der Waals surface area contributed by atoms with Crippen molar-refractivity contribution in [3.05, 3.63) is 60.2 Å². The van der Waals surface area contributed by atoms with Gasteiger partial charge >= 0.3 is 5.97 Å². The molecule has 4 nitrogen and oxygen atoms in total. The lowest BCUT2D eigenvalue weighted by Crippen LogP contribution is -2.45. The molecule has 0 N–H and O–H groups in total. The lowest BCUT2D eigenvalue weighted by atomic mass is 9.57. The maximum Gasteiger partial charge on any atom is 0.309 e. The summed E-state index contributed by atoms with van der Waals surface area (Å²) in [4.78, 5) is 29.6. The molecule has 6 atom stereocenters. The number of carbonyl (C=O) groups is 2. The Morgan fingerprint density at radius 2 is 2.00 bits per heavy atom. The normalized spacial score (nSPS) is 32.6. The third-order valence-electron chi connectivity index (χ3n) is 7.38. The van der Waals surface area contributed by atoms with Crippen LogP contribution in [0.15, 0.2) is 48.7 Å². The fraction of sp³-hybridized carbons (Fsp3) is 0.423. The first-order valence-corrected chi connectivity index (χ1v) is 11.1. The summed E-state index contributed by atoms with van der Waals surface area (Å²) in [5.74, 6) is 0.168. The number of esters is 1. The Morgan fingerprint density at radius 1 is 1.13 bits per heavy atom. The van der Waals surface area contributed by atoms with Crippen LogP contribution in [0.3, 0.4) is 0 Å². The molecule has 160 valence electrons. The van der Waals surface area contributed by atoms with Crippen LogP contribution in [0.1, 0.15) is 38.3 Å². The van der Waals surface area contributed by atoms with Crippen molar-refractivity contribution in [3.63, 3.8) is 0 Å². The summed E-state index contributed by atoms with van der Waals surface area (Å²) in [6.07, 6.45) is 8.96. The number of hydrogen-bond acceptors (Lipinski definition) is 4. The summed E-state index contributed by atoms with van der Waals surface area (Å²) < 4.78 is 19.1. The van der Waals surface area contributed by atoms with E-state index in [1.54, 1.807) is 12.3 Å². The predicted molar refractivity (Wildman–Crippen MR) is 115 cm³/mol. The van der Waals surface area contributed by atoms with Gasteiger partial charge < -0.3 is 4.74 Å². The number of aromatic nitrogens is 1. The second kappa shape index (κ2) is 8.03. The Kier molecular flexibility index (Phi) is 5.20. The van der Waals surface area contributed by atoms with Crippen molar-refractivity contribution in [2.24, 2.45) is 29.6 Å². The number of halogens is 1. The van der Waals surface area contributed by atoms with Gasteiger partial charge in [-0.2, -0.15) is 0 Å². The van der Waals surface area contributed by atoms with Crippen LogP contribution < -0.4 is 0 Å². The molecule has 5 rings (SSSR count). The van der Waals surface area contributed by atoms with E-state index in [0.29, 0.717) is 18.6 Å². The molecule has 3 fully saturated rings. The average Bonchev–Trinajstić information content (AvgIpc) is 3.05. The van der Waals surface area contributed by atoms with Gasteiger partial charge in [0.2, 0.25) is 0 Å². The smallest absolute Gasteiger partial charge is 0.309 e. The molecule has 5 heteroatoms. The van der Waals surface area contributed by atoms with Crippen LogP contribution in [0, 0.1) is 35.4 Å². The number of nitrogens with zero attached hydrogens (tertiary/aromatic N) is 1. The number of ketones is 1. The lowest BCUT2D eigenvalue weighted by Gasteiger charge is -2.44. The van der Waals surface area contributed by atoms with E-state index in [2.05, 4.69) is 11.1 Å². The minimum absolute atomic E-state index is 0.0363. The van der Waals surface area contributed by atoms with Crippen molar-refractivity contribution >= 4 is 17.8 Å². The third kappa shape index (κ3) is 3.71. The number of fused-ring (bicyclic) bond motifs is 2. The van der Waals surface area contributed by atoms with Gasteiger partial charge in [0.05, 0.1) is 11.6 Å². The zero-order valence-electron chi connectivity index (χ0n) is 17.5. The van der Waals surface area contributed by atoms with Crippen molar-refractivity contribution < 1.29 is 18.7 Å². The Balaban J connectivity index is 1.41. The first kappa shape index (κ1) is 20.1. The standard InChI is InChI=1S/C26H26FNO3/c1-15-25-21(20-6-3-7-24(29)22(20)13-23(25)26(30)31-15)11-10-19-9-8-17(14-28-19)16-4-2-5-18(27)12-16/h2,4-5,8-12,14-15,20-23,25H,3,6-7,13H2,1H3/b11-10+/t15-,20+,21+,22+,23-,25+/m1/s1. The molecule has 2 heterocycles. The number of benzene rings is 1. The molecule has 0 bridgehead atoms. The molecule has 2 aromatic rings. The molecular formula is C26H26FNO3. The minimum Gasteiger partial charge on any atom is -0.462 e. The van der Waals surface area contributed by atoms with E-state index in [4.69, 9.17) is 4.74 Å². The number of allylic oxidation sites excluding steroid dienone is 1. The van der Waals surface area contributed by atoms with Crippen molar-refractivity contribution in [3.8, 4) is 11.1 Å². The zero-order chi connectivity index (χ0) is 21.5. The van der Waals surface area contributed by atoms with Crippen molar-refractivity contribution in [1.29, 1.82) is 0 Å². The second-order valence-corrected chi connectivity index (χ2v) is 9.11. The van der Waals surface area contributed by atoms with Crippen molar-refractivity contribution in [2.75, 3.05) is 0 Å². The van der Waals surface area contributed by atoms with Gasteiger partial charge in [0.25, 0.3) is 0 Å². The fourth-order valence-electron chi connectivity index (χ4n) is 5.95. The largest absolute Gasteiger partial charge is 0.462 e. The quantitative estimate of drug-likeness (QED) is 0.651. The predicted octanol–water partition coefficient (Wildman–Crippen LogP) is 5.08. The van der Waals surface area contributed by atoms with E-state index >= 15 is 0 Å². The fourth-order valence-corrected chi connectivity index (χ4v) is 5.95. The van der Waals surface area contributed by atoms with Crippen LogP contribution in [-0.2, 0) is 14.3 Å². The van der Waals surface area contributed by atoms with Gasteiger partial charge in [-0.25, -0.2) is 4.39 Å². The van der Waals surface area contributed by atoms with E-state index in [1.165, 1.54) is 12.1 Å². The molecule has 1 aromatic heterocycles. The first-order chi connectivity index (χ1) is 15.0. The highest BCUT2D eigenvalue weighted by atomic mass is 19.1. The van der Waals surface area contributed by atoms with E-state index < -0.39 is 0 Å². The Bertz CT molecular complexity index is 1020. The average molecular weight is 419 g/mol. The van der Waals surface area contributed by atoms with Crippen LogP contribution >= 0.6 is 0 Å². The van der Waals surface area contributed by atoms with Crippen LogP contribution in [0.4, 0.5) is 4.39 Å². The molecule has 3 aliphatic rings. The summed E-state index contributed by atoms with van der Waals surface area (Å²) in [6.45, 7) is 1.97. The second-order valence-electron chi connectivity index (χ2n) is 9.11. The van der Waals surface area contributed by atoms with Crippen LogP contribution in [0.25, 0.3) is 17.2 Å². The molecule has 2 saturated carbocycles. The van der Waals surface area contributed by atoms with E-state index in [0.717, 1.165) is 29.7 Å². The number of ether oxygens (including phenoxy) is 1. The van der Waals surface area contributed by atoms with Gasteiger partial charge in [0.15, 0.2) is 0 Å². The summed E-state index contributed by atoms with van der Waals surface area (Å²) in [5.41, 5.74) is 2.45. The Labute approximate surface area is 181 Å². The molecule has 2 aliphatic carbocycles. The van der Waals surface area contributed by atoms with Crippen molar-refractivity contribution in [1.82, 2.24) is 4.98 Å². The third-order valence-corrected chi connectivity index (χ3v) is 7.38. The summed E-state index contributed by atoms with van der Waals surface area (Å²) in [6, 6.07) is 10.3. The first-order valence-electron chi connectivity index (χ1n) is 11.1. The maximum atomic E-state index is 13.5. The van der Waals surface area contributed by atoms with Crippen molar-refractivity contribution in [2.45, 2.75) is 38.7 Å². The van der Waals surface area contributed by atoms with Gasteiger partial charge in [0, 0.05) is 30.0 Å². The molecule has 0 unspecified atom stereocenters. The molecular weight excluding hydrogens is 393 g/mol. The molecule has 1 saturated heterocycles. The molecule has 0 spiro atoms. The summed E-state index contributed by atoms with van der Waals surface area (Å²) >= 11 is 0. The number of Topliss-reactive ketones (excluding diaryl/α,β-unsaturated/α-hetero) is 1. The van der Waals surface area contributed by atoms with E-state index in [-0.39, 0.29) is 47.5 Å². The van der Waals surface area contributed by atoms with Gasteiger partial charge in [-0.05, 0) is 67.9 Å². The van der Waals surface area contributed by atoms with Crippen LogP contribution in [0.2, 0.25) is 0 Å². The summed E-state index contributed by atoms with van der Waals surface area (Å²) in [5, 5.41) is 0. The monoisotopic (exact) mass is 419 g/mol. The number of carbonyl (C=O) groups excluding carboxylic acids is 2.